The maximum absolute atomic E-state index is 5.57. The van der Waals surface area contributed by atoms with Crippen LogP contribution in [0.4, 0.5) is 0 Å². The number of aromatic nitrogens is 1. The lowest BCUT2D eigenvalue weighted by molar-refractivity contribution is 1.39. The summed E-state index contributed by atoms with van der Waals surface area (Å²) < 4.78 is 0. The molecule has 1 aromatic heterocycles. The summed E-state index contributed by atoms with van der Waals surface area (Å²) in [7, 11) is 0. The molecule has 38 valence electrons. The van der Waals surface area contributed by atoms with Crippen LogP contribution in [0.1, 0.15) is 5.56 Å². The van der Waals surface area contributed by atoms with Crippen LogP contribution in [0.15, 0.2) is 12.3 Å². The van der Waals surface area contributed by atoms with Gasteiger partial charge in [-0.25, -0.2) is 0 Å². The number of halogens is 1. The molecule has 0 bridgehead atoms. The number of aromatic amines is 1. The van der Waals surface area contributed by atoms with E-state index < -0.39 is 0 Å². The molecule has 1 nitrogen and oxygen atoms in total. The van der Waals surface area contributed by atoms with Gasteiger partial charge in [0, 0.05) is 6.20 Å². The van der Waals surface area contributed by atoms with Crippen LogP contribution < -0.4 is 0 Å². The van der Waals surface area contributed by atoms with Crippen molar-refractivity contribution in [3.63, 3.8) is 0 Å². The van der Waals surface area contributed by atoms with Gasteiger partial charge < -0.3 is 4.98 Å². The van der Waals surface area contributed by atoms with E-state index in [1.807, 2.05) is 19.2 Å². The van der Waals surface area contributed by atoms with Crippen LogP contribution in [0.2, 0.25) is 5.15 Å². The van der Waals surface area contributed by atoms with Crippen molar-refractivity contribution < 1.29 is 0 Å². The van der Waals surface area contributed by atoms with E-state index in [0.717, 1.165) is 10.7 Å². The molecule has 1 aromatic rings. The van der Waals surface area contributed by atoms with Crippen LogP contribution in [0.5, 0.6) is 0 Å². The minimum Gasteiger partial charge on any atom is -0.352 e. The minimum absolute atomic E-state index is 0.736. The highest BCUT2D eigenvalue weighted by Crippen LogP contribution is 2.09. The van der Waals surface area contributed by atoms with E-state index in [1.54, 1.807) is 0 Å². The van der Waals surface area contributed by atoms with Gasteiger partial charge in [-0.2, -0.15) is 0 Å². The third kappa shape index (κ3) is 0.775. The SMILES string of the molecule is Cc1cc[nH]c1Cl. The van der Waals surface area contributed by atoms with Crippen molar-refractivity contribution in [1.29, 1.82) is 0 Å². The van der Waals surface area contributed by atoms with E-state index in [4.69, 9.17) is 11.6 Å². The smallest absolute Gasteiger partial charge is 0.109 e. The fourth-order valence-corrected chi connectivity index (χ4v) is 0.553. The van der Waals surface area contributed by atoms with Gasteiger partial charge in [0.15, 0.2) is 0 Å². The van der Waals surface area contributed by atoms with Crippen molar-refractivity contribution in [2.75, 3.05) is 0 Å². The van der Waals surface area contributed by atoms with Gasteiger partial charge in [0.1, 0.15) is 5.15 Å². The average molecular weight is 116 g/mol. The molecule has 1 N–H and O–H groups in total. The molecule has 0 aliphatic heterocycles. The molecule has 0 fully saturated rings. The molecule has 0 saturated heterocycles. The van der Waals surface area contributed by atoms with Crippen LogP contribution in [0, 0.1) is 6.92 Å². The Hall–Kier alpha value is -0.430. The van der Waals surface area contributed by atoms with E-state index in [-0.39, 0.29) is 0 Å². The third-order valence-corrected chi connectivity index (χ3v) is 1.30. The first-order valence-corrected chi connectivity index (χ1v) is 2.48. The predicted octanol–water partition coefficient (Wildman–Crippen LogP) is 1.98. The molecule has 7 heavy (non-hydrogen) atoms. The summed E-state index contributed by atoms with van der Waals surface area (Å²) in [5.41, 5.74) is 1.10. The lowest BCUT2D eigenvalue weighted by Crippen LogP contribution is -1.60. The lowest BCUT2D eigenvalue weighted by atomic mass is 10.4. The zero-order valence-electron chi connectivity index (χ0n) is 4.03. The Morgan fingerprint density at radius 2 is 2.43 bits per heavy atom. The van der Waals surface area contributed by atoms with Crippen LogP contribution >= 0.6 is 11.6 Å². The monoisotopic (exact) mass is 115 g/mol. The highest BCUT2D eigenvalue weighted by Gasteiger charge is 1.88. The zero-order valence-corrected chi connectivity index (χ0v) is 4.79. The van der Waals surface area contributed by atoms with Crippen molar-refractivity contribution >= 4 is 11.6 Å². The van der Waals surface area contributed by atoms with Crippen LogP contribution in [0.3, 0.4) is 0 Å². The Balaban J connectivity index is 3.12. The summed E-state index contributed by atoms with van der Waals surface area (Å²) in [6.07, 6.45) is 1.82. The highest BCUT2D eigenvalue weighted by atomic mass is 35.5. The molecule has 0 spiro atoms. The molecule has 1 rings (SSSR count). The molecule has 0 aliphatic carbocycles. The first-order valence-electron chi connectivity index (χ1n) is 2.10. The molecule has 0 amide bonds. The molecular weight excluding hydrogens is 110 g/mol. The van der Waals surface area contributed by atoms with E-state index in [9.17, 15) is 0 Å². The summed E-state index contributed by atoms with van der Waals surface area (Å²) in [6, 6.07) is 1.93. The first kappa shape index (κ1) is 4.72. The van der Waals surface area contributed by atoms with Crippen LogP contribution in [-0.2, 0) is 0 Å². The Morgan fingerprint density at radius 3 is 2.57 bits per heavy atom. The largest absolute Gasteiger partial charge is 0.352 e. The summed E-state index contributed by atoms with van der Waals surface area (Å²) >= 11 is 5.57. The fourth-order valence-electron chi connectivity index (χ4n) is 0.427. The van der Waals surface area contributed by atoms with E-state index in [1.165, 1.54) is 0 Å². The van der Waals surface area contributed by atoms with Gasteiger partial charge in [-0.1, -0.05) is 11.6 Å². The Morgan fingerprint density at radius 1 is 1.71 bits per heavy atom. The number of hydrogen-bond acceptors (Lipinski definition) is 0. The van der Waals surface area contributed by atoms with Crippen molar-refractivity contribution in [1.82, 2.24) is 4.98 Å². The summed E-state index contributed by atoms with van der Waals surface area (Å²) in [5, 5.41) is 0.736. The average Bonchev–Trinajstić information content (AvgIpc) is 1.91. The topological polar surface area (TPSA) is 15.8 Å². The van der Waals surface area contributed by atoms with Gasteiger partial charge in [0.05, 0.1) is 0 Å². The van der Waals surface area contributed by atoms with E-state index >= 15 is 0 Å². The van der Waals surface area contributed by atoms with Gasteiger partial charge in [0.2, 0.25) is 0 Å². The second kappa shape index (κ2) is 1.58. The predicted molar refractivity (Wildman–Crippen MR) is 30.5 cm³/mol. The van der Waals surface area contributed by atoms with Gasteiger partial charge in [-0.3, -0.25) is 0 Å². The normalized spacial score (nSPS) is 9.43. The Bertz CT molecular complexity index is 140. The van der Waals surface area contributed by atoms with Gasteiger partial charge in [-0.15, -0.1) is 0 Å². The van der Waals surface area contributed by atoms with Crippen LogP contribution in [-0.4, -0.2) is 4.98 Å². The molecule has 0 aromatic carbocycles. The summed E-state index contributed by atoms with van der Waals surface area (Å²) in [6.45, 7) is 1.96. The molecule has 0 unspecified atom stereocenters. The van der Waals surface area contributed by atoms with E-state index in [2.05, 4.69) is 4.98 Å². The molecule has 0 aliphatic rings. The number of H-pyrrole nitrogens is 1. The highest BCUT2D eigenvalue weighted by molar-refractivity contribution is 6.30. The fraction of sp³-hybridized carbons (Fsp3) is 0.200. The molecule has 1 heterocycles. The minimum atomic E-state index is 0.736. The second-order valence-corrected chi connectivity index (χ2v) is 1.85. The quantitative estimate of drug-likeness (QED) is 0.532. The summed E-state index contributed by atoms with van der Waals surface area (Å²) in [4.78, 5) is 2.83. The number of hydrogen-bond donors (Lipinski definition) is 1. The molecular formula is C5H6ClN. The standard InChI is InChI=1S/C5H6ClN/c1-4-2-3-7-5(4)6/h2-3,7H,1H3. The maximum Gasteiger partial charge on any atom is 0.109 e. The zero-order chi connectivity index (χ0) is 5.28. The number of rotatable bonds is 0. The molecule has 0 atom stereocenters. The van der Waals surface area contributed by atoms with Gasteiger partial charge in [0.25, 0.3) is 0 Å². The lowest BCUT2D eigenvalue weighted by Gasteiger charge is -1.78. The molecule has 0 saturated carbocycles. The van der Waals surface area contributed by atoms with Gasteiger partial charge >= 0.3 is 0 Å². The third-order valence-electron chi connectivity index (χ3n) is 0.890. The maximum atomic E-state index is 5.57. The van der Waals surface area contributed by atoms with Crippen LogP contribution in [0.25, 0.3) is 0 Å². The van der Waals surface area contributed by atoms with Crippen molar-refractivity contribution in [2.24, 2.45) is 0 Å². The van der Waals surface area contributed by atoms with E-state index in [0.29, 0.717) is 0 Å². The molecule has 2 heteroatoms. The summed E-state index contributed by atoms with van der Waals surface area (Å²) in [5.74, 6) is 0. The van der Waals surface area contributed by atoms with Crippen molar-refractivity contribution in [3.05, 3.63) is 23.0 Å². The molecule has 0 radical (unpaired) electrons. The number of aryl methyl sites for hydroxylation is 1. The number of nitrogens with one attached hydrogen (secondary N) is 1. The Labute approximate surface area is 47.3 Å². The first-order chi connectivity index (χ1) is 3.30. The van der Waals surface area contributed by atoms with Crippen molar-refractivity contribution in [2.45, 2.75) is 6.92 Å². The van der Waals surface area contributed by atoms with Gasteiger partial charge in [-0.05, 0) is 18.6 Å². The Kier molecular flexibility index (Phi) is 1.07. The van der Waals surface area contributed by atoms with Crippen molar-refractivity contribution in [3.8, 4) is 0 Å². The second-order valence-electron chi connectivity index (χ2n) is 1.47.